The van der Waals surface area contributed by atoms with Crippen LogP contribution >= 0.6 is 21.0 Å². The van der Waals surface area contributed by atoms with Crippen molar-refractivity contribution in [3.8, 4) is 0 Å². The lowest BCUT2D eigenvalue weighted by Crippen LogP contribution is -1.81. The Labute approximate surface area is 40.4 Å². The Kier molecular flexibility index (Phi) is 0.975. The summed E-state index contributed by atoms with van der Waals surface area (Å²) in [6.45, 7) is 0. The van der Waals surface area contributed by atoms with E-state index in [1.54, 1.807) is 0 Å². The van der Waals surface area contributed by atoms with Crippen LogP contribution in [0.5, 0.6) is 0 Å². The molecule has 0 saturated heterocycles. The summed E-state index contributed by atoms with van der Waals surface area (Å²) in [6, 6.07) is 0. The highest BCUT2D eigenvalue weighted by molar-refractivity contribution is 14.2. The van der Waals surface area contributed by atoms with Crippen LogP contribution in [0, 0.1) is 0 Å². The molecule has 0 radical (unpaired) electrons. The van der Waals surface area contributed by atoms with Crippen LogP contribution in [0.1, 0.15) is 0 Å². The minimum atomic E-state index is 0.0756. The third kappa shape index (κ3) is 0.678. The van der Waals surface area contributed by atoms with Gasteiger partial charge in [-0.3, -0.25) is 5.43 Å². The Morgan fingerprint density at radius 2 is 2.80 bits per heavy atom. The van der Waals surface area contributed by atoms with Gasteiger partial charge in [0.05, 0.1) is 0 Å². The zero-order chi connectivity index (χ0) is 3.54. The normalized spacial score (nSPS) is 17.6. The smallest absolute Gasteiger partial charge is 0.0484 e. The van der Waals surface area contributed by atoms with Crippen LogP contribution in [0.25, 0.3) is 0 Å². The van der Waals surface area contributed by atoms with Crippen LogP contribution in [0.3, 0.4) is 0 Å². The van der Waals surface area contributed by atoms with E-state index < -0.39 is 0 Å². The van der Waals surface area contributed by atoms with Crippen molar-refractivity contribution < 1.29 is 0 Å². The second-order valence-corrected chi connectivity index (χ2v) is 2.36. The van der Waals surface area contributed by atoms with E-state index in [9.17, 15) is 0 Å². The molecule has 5 heavy (non-hydrogen) atoms. The van der Waals surface area contributed by atoms with E-state index in [2.05, 4.69) is 12.8 Å². The van der Waals surface area contributed by atoms with Crippen molar-refractivity contribution in [2.24, 2.45) is 3.25 Å². The SMILES string of the molecule is C1=CI=NN1. The van der Waals surface area contributed by atoms with E-state index in [0.717, 1.165) is 0 Å². The Morgan fingerprint density at radius 1 is 1.80 bits per heavy atom. The summed E-state index contributed by atoms with van der Waals surface area (Å²) in [6.07, 6.45) is 1.87. The summed E-state index contributed by atoms with van der Waals surface area (Å²) in [5.74, 6) is 0. The molecule has 2 nitrogen and oxygen atoms in total. The summed E-state index contributed by atoms with van der Waals surface area (Å²) in [5, 5.41) is 0. The van der Waals surface area contributed by atoms with Gasteiger partial charge in [0, 0.05) is 31.3 Å². The van der Waals surface area contributed by atoms with Crippen LogP contribution in [-0.4, -0.2) is 0 Å². The van der Waals surface area contributed by atoms with Gasteiger partial charge in [-0.25, -0.2) is 0 Å². The van der Waals surface area contributed by atoms with Gasteiger partial charge < -0.3 is 0 Å². The quantitative estimate of drug-likeness (QED) is 0.558. The number of hydrogen-bond acceptors (Lipinski definition) is 2. The van der Waals surface area contributed by atoms with Crippen molar-refractivity contribution >= 4 is 21.0 Å². The first-order valence-electron chi connectivity index (χ1n) is 1.23. The zero-order valence-electron chi connectivity index (χ0n) is 2.48. The van der Waals surface area contributed by atoms with Crippen LogP contribution < -0.4 is 5.43 Å². The van der Waals surface area contributed by atoms with Gasteiger partial charge in [-0.1, -0.05) is 0 Å². The lowest BCUT2D eigenvalue weighted by atomic mass is 11.1. The molecule has 0 spiro atoms. The number of hydrogen-bond donors (Lipinski definition) is 1. The van der Waals surface area contributed by atoms with Gasteiger partial charge >= 0.3 is 0 Å². The van der Waals surface area contributed by atoms with Crippen molar-refractivity contribution in [3.05, 3.63) is 10.3 Å². The fraction of sp³-hybridized carbons (Fsp3) is 0. The van der Waals surface area contributed by atoms with E-state index in [1.807, 2.05) is 6.20 Å². The summed E-state index contributed by atoms with van der Waals surface area (Å²) in [5.41, 5.74) is 2.72. The Morgan fingerprint density at radius 3 is 3.00 bits per heavy atom. The lowest BCUT2D eigenvalue weighted by Gasteiger charge is -1.68. The largest absolute Gasteiger partial charge is 0.280 e. The summed E-state index contributed by atoms with van der Waals surface area (Å²) in [4.78, 5) is 0. The molecule has 0 aromatic carbocycles. The maximum Gasteiger partial charge on any atom is 0.0484 e. The number of halogens is 1. The minimum Gasteiger partial charge on any atom is -0.280 e. The summed E-state index contributed by atoms with van der Waals surface area (Å²) >= 11 is 0.0756. The molecule has 1 aliphatic heterocycles. The van der Waals surface area contributed by atoms with E-state index >= 15 is 0 Å². The molecule has 0 atom stereocenters. The molecule has 0 fully saturated rings. The minimum absolute atomic E-state index is 0.0756. The van der Waals surface area contributed by atoms with E-state index in [1.165, 1.54) is 0 Å². The van der Waals surface area contributed by atoms with Gasteiger partial charge in [0.15, 0.2) is 0 Å². The van der Waals surface area contributed by atoms with Gasteiger partial charge in [0.1, 0.15) is 0 Å². The van der Waals surface area contributed by atoms with Gasteiger partial charge in [-0.05, 0) is 0 Å². The third-order valence-corrected chi connectivity index (χ3v) is 1.53. The first kappa shape index (κ1) is 3.27. The van der Waals surface area contributed by atoms with Gasteiger partial charge in [-0.2, -0.15) is 0 Å². The fourth-order valence-electron chi connectivity index (χ4n) is 0.141. The van der Waals surface area contributed by atoms with Crippen LogP contribution in [0.15, 0.2) is 13.5 Å². The molecule has 0 bridgehead atoms. The molecular formula is C2H3IN2. The van der Waals surface area contributed by atoms with Crippen molar-refractivity contribution in [2.45, 2.75) is 0 Å². The number of rotatable bonds is 0. The highest BCUT2D eigenvalue weighted by atomic mass is 127. The Balaban J connectivity index is 2.61. The molecule has 1 aliphatic rings. The molecule has 0 aromatic rings. The fourth-order valence-corrected chi connectivity index (χ4v) is 0.945. The molecule has 1 N–H and O–H groups in total. The van der Waals surface area contributed by atoms with Crippen LogP contribution in [-0.2, 0) is 0 Å². The van der Waals surface area contributed by atoms with Crippen molar-refractivity contribution in [1.29, 1.82) is 0 Å². The van der Waals surface area contributed by atoms with Crippen molar-refractivity contribution in [3.63, 3.8) is 0 Å². The molecule has 0 unspecified atom stereocenters. The average molecular weight is 182 g/mol. The molecule has 0 amide bonds. The molecule has 1 heterocycles. The molecule has 0 aliphatic carbocycles. The van der Waals surface area contributed by atoms with Crippen molar-refractivity contribution in [1.82, 2.24) is 5.43 Å². The molecule has 28 valence electrons. The van der Waals surface area contributed by atoms with E-state index in [0.29, 0.717) is 0 Å². The summed E-state index contributed by atoms with van der Waals surface area (Å²) in [7, 11) is 0. The maximum atomic E-state index is 3.83. The van der Waals surface area contributed by atoms with Crippen molar-refractivity contribution in [2.75, 3.05) is 0 Å². The van der Waals surface area contributed by atoms with Gasteiger partial charge in [-0.15, -0.1) is 3.25 Å². The second-order valence-electron chi connectivity index (χ2n) is 0.604. The highest BCUT2D eigenvalue weighted by Gasteiger charge is 1.70. The lowest BCUT2D eigenvalue weighted by molar-refractivity contribution is 1.02. The zero-order valence-corrected chi connectivity index (χ0v) is 4.64. The predicted molar refractivity (Wildman–Crippen MR) is 28.7 cm³/mol. The van der Waals surface area contributed by atoms with E-state index in [-0.39, 0.29) is 21.0 Å². The first-order valence-corrected chi connectivity index (χ1v) is 3.44. The monoisotopic (exact) mass is 182 g/mol. The highest BCUT2D eigenvalue weighted by Crippen LogP contribution is 2.03. The predicted octanol–water partition coefficient (Wildman–Crippen LogP) is 1.13. The van der Waals surface area contributed by atoms with Crippen LogP contribution in [0.4, 0.5) is 0 Å². The number of nitrogens with zero attached hydrogens (tertiary/aromatic N) is 1. The first-order chi connectivity index (χ1) is 2.50. The maximum absolute atomic E-state index is 3.83. The second kappa shape index (κ2) is 1.49. The molecule has 1 rings (SSSR count). The molecule has 0 aromatic heterocycles. The molecule has 3 heteroatoms. The molecule has 0 saturated carbocycles. The standard InChI is InChI=1S/C2H3IN2/c1-2-4-5-3-1/h1-2,4H. The Hall–Kier alpha value is 0.0700. The van der Waals surface area contributed by atoms with Gasteiger partial charge in [0.25, 0.3) is 0 Å². The van der Waals surface area contributed by atoms with Gasteiger partial charge in [0.2, 0.25) is 0 Å². The Bertz CT molecular complexity index is 65.7. The molecular weight excluding hydrogens is 179 g/mol. The average Bonchev–Trinajstić information content (AvgIpc) is 1.76. The summed E-state index contributed by atoms with van der Waals surface area (Å²) < 4.78 is 5.90. The topological polar surface area (TPSA) is 24.4 Å². The van der Waals surface area contributed by atoms with E-state index in [4.69, 9.17) is 0 Å². The van der Waals surface area contributed by atoms with Crippen LogP contribution in [0.2, 0.25) is 0 Å². The third-order valence-electron chi connectivity index (χ3n) is 0.291. The number of nitrogens with one attached hydrogen (secondary N) is 1.